The number of rotatable bonds is 7. The predicted octanol–water partition coefficient (Wildman–Crippen LogP) is 2.08. The van der Waals surface area contributed by atoms with E-state index in [1.807, 2.05) is 6.92 Å². The van der Waals surface area contributed by atoms with Crippen LogP contribution >= 0.6 is 7.60 Å². The van der Waals surface area contributed by atoms with Crippen molar-refractivity contribution in [1.29, 1.82) is 0 Å². The number of nitrogens with one attached hydrogen (secondary N) is 1. The standard InChI is InChI=1S/C15H29N2O4P/c1-5-14(16-11(4)18)13-9-8-12(22(19,20)21)10-15(13)17(6-2)7-3/h8,13-15H,5-7,9-10H2,1-4H3,(H,16,18)(H2,19,20,21)/t13-,14-,15-/m0/s1. The van der Waals surface area contributed by atoms with Gasteiger partial charge in [-0.1, -0.05) is 26.8 Å². The van der Waals surface area contributed by atoms with Gasteiger partial charge in [0.15, 0.2) is 0 Å². The van der Waals surface area contributed by atoms with Gasteiger partial charge in [-0.05, 0) is 38.3 Å². The molecule has 1 amide bonds. The van der Waals surface area contributed by atoms with Crippen molar-refractivity contribution in [1.82, 2.24) is 10.2 Å². The van der Waals surface area contributed by atoms with E-state index in [2.05, 4.69) is 24.1 Å². The van der Waals surface area contributed by atoms with E-state index < -0.39 is 7.60 Å². The number of nitrogens with zero attached hydrogens (tertiary/aromatic N) is 1. The largest absolute Gasteiger partial charge is 0.353 e. The lowest BCUT2D eigenvalue weighted by Crippen LogP contribution is -2.51. The van der Waals surface area contributed by atoms with Gasteiger partial charge in [0, 0.05) is 24.3 Å². The van der Waals surface area contributed by atoms with Crippen LogP contribution in [-0.2, 0) is 9.36 Å². The average molecular weight is 332 g/mol. The van der Waals surface area contributed by atoms with E-state index in [1.165, 1.54) is 6.92 Å². The molecular formula is C15H29N2O4P. The van der Waals surface area contributed by atoms with E-state index in [0.717, 1.165) is 19.5 Å². The smallest absolute Gasteiger partial charge is 0.351 e. The number of carbonyl (C=O) groups is 1. The summed E-state index contributed by atoms with van der Waals surface area (Å²) >= 11 is 0. The van der Waals surface area contributed by atoms with Crippen LogP contribution in [0.4, 0.5) is 0 Å². The van der Waals surface area contributed by atoms with Crippen LogP contribution in [0.5, 0.6) is 0 Å². The first kappa shape index (κ1) is 19.4. The third-order valence-corrected chi connectivity index (χ3v) is 5.65. The predicted molar refractivity (Wildman–Crippen MR) is 87.5 cm³/mol. The Bertz CT molecular complexity index is 456. The van der Waals surface area contributed by atoms with Gasteiger partial charge in [-0.3, -0.25) is 9.36 Å². The molecule has 1 rings (SSSR count). The Morgan fingerprint density at radius 3 is 2.41 bits per heavy atom. The summed E-state index contributed by atoms with van der Waals surface area (Å²) in [4.78, 5) is 32.6. The Kier molecular flexibility index (Phi) is 7.26. The molecule has 0 aromatic rings. The molecule has 6 nitrogen and oxygen atoms in total. The number of amides is 1. The van der Waals surface area contributed by atoms with Crippen molar-refractivity contribution in [2.45, 2.75) is 59.0 Å². The first-order valence-corrected chi connectivity index (χ1v) is 9.62. The molecule has 7 heteroatoms. The van der Waals surface area contributed by atoms with Gasteiger partial charge < -0.3 is 20.0 Å². The van der Waals surface area contributed by atoms with Crippen LogP contribution in [0, 0.1) is 5.92 Å². The zero-order valence-corrected chi connectivity index (χ0v) is 14.8. The summed E-state index contributed by atoms with van der Waals surface area (Å²) in [6.07, 6.45) is 3.43. The second kappa shape index (κ2) is 8.25. The maximum atomic E-state index is 11.6. The van der Waals surface area contributed by atoms with Crippen molar-refractivity contribution in [2.24, 2.45) is 5.92 Å². The third kappa shape index (κ3) is 4.92. The molecule has 0 heterocycles. The summed E-state index contributed by atoms with van der Waals surface area (Å²) in [5.74, 6) is 0.110. The molecule has 0 aliphatic heterocycles. The molecule has 0 aromatic heterocycles. The van der Waals surface area contributed by atoms with E-state index in [1.54, 1.807) is 6.08 Å². The molecule has 0 bridgehead atoms. The van der Waals surface area contributed by atoms with Crippen molar-refractivity contribution in [2.75, 3.05) is 13.1 Å². The molecule has 0 unspecified atom stereocenters. The summed E-state index contributed by atoms with van der Waals surface area (Å²) in [6.45, 7) is 9.28. The number of carbonyl (C=O) groups excluding carboxylic acids is 1. The lowest BCUT2D eigenvalue weighted by molar-refractivity contribution is -0.120. The highest BCUT2D eigenvalue weighted by molar-refractivity contribution is 7.56. The first-order valence-electron chi connectivity index (χ1n) is 8.00. The Morgan fingerprint density at radius 2 is 2.00 bits per heavy atom. The number of hydrogen-bond acceptors (Lipinski definition) is 3. The van der Waals surface area contributed by atoms with Crippen LogP contribution in [0.2, 0.25) is 0 Å². The molecule has 0 fully saturated rings. The Morgan fingerprint density at radius 1 is 1.41 bits per heavy atom. The highest BCUT2D eigenvalue weighted by Gasteiger charge is 2.38. The van der Waals surface area contributed by atoms with Gasteiger partial charge in [0.2, 0.25) is 5.91 Å². The van der Waals surface area contributed by atoms with Crippen LogP contribution < -0.4 is 5.32 Å². The molecule has 1 aliphatic rings. The fourth-order valence-electron chi connectivity index (χ4n) is 3.41. The van der Waals surface area contributed by atoms with Gasteiger partial charge in [-0.2, -0.15) is 0 Å². The van der Waals surface area contributed by atoms with Crippen molar-refractivity contribution >= 4 is 13.5 Å². The van der Waals surface area contributed by atoms with Gasteiger partial charge in [0.25, 0.3) is 0 Å². The zero-order valence-electron chi connectivity index (χ0n) is 14.0. The summed E-state index contributed by atoms with van der Waals surface area (Å²) in [5.41, 5.74) is 0. The monoisotopic (exact) mass is 332 g/mol. The van der Waals surface area contributed by atoms with E-state index in [0.29, 0.717) is 12.8 Å². The fourth-order valence-corrected chi connectivity index (χ4v) is 4.18. The Hall–Kier alpha value is -0.680. The minimum Gasteiger partial charge on any atom is -0.353 e. The molecule has 3 N–H and O–H groups in total. The minimum atomic E-state index is -4.18. The van der Waals surface area contributed by atoms with Crippen molar-refractivity contribution < 1.29 is 19.1 Å². The van der Waals surface area contributed by atoms with Crippen molar-refractivity contribution in [3.8, 4) is 0 Å². The molecule has 3 atom stereocenters. The summed E-state index contributed by atoms with van der Waals surface area (Å²) in [6, 6.07) is 0.0668. The van der Waals surface area contributed by atoms with Crippen LogP contribution in [-0.4, -0.2) is 45.8 Å². The van der Waals surface area contributed by atoms with E-state index >= 15 is 0 Å². The molecule has 0 saturated heterocycles. The lowest BCUT2D eigenvalue weighted by Gasteiger charge is -2.42. The topological polar surface area (TPSA) is 89.9 Å². The lowest BCUT2D eigenvalue weighted by atomic mass is 9.81. The maximum absolute atomic E-state index is 11.6. The highest BCUT2D eigenvalue weighted by atomic mass is 31.2. The molecule has 0 aromatic carbocycles. The van der Waals surface area contributed by atoms with Crippen LogP contribution in [0.25, 0.3) is 0 Å². The van der Waals surface area contributed by atoms with Gasteiger partial charge in [0.1, 0.15) is 0 Å². The van der Waals surface area contributed by atoms with Gasteiger partial charge in [0.05, 0.1) is 0 Å². The second-order valence-corrected chi connectivity index (χ2v) is 7.51. The van der Waals surface area contributed by atoms with Gasteiger partial charge in [-0.25, -0.2) is 0 Å². The van der Waals surface area contributed by atoms with Crippen LogP contribution in [0.1, 0.15) is 47.0 Å². The van der Waals surface area contributed by atoms with E-state index in [4.69, 9.17) is 0 Å². The quantitative estimate of drug-likeness (QED) is 0.621. The number of hydrogen-bond donors (Lipinski definition) is 3. The molecule has 128 valence electrons. The molecule has 0 saturated carbocycles. The van der Waals surface area contributed by atoms with Crippen molar-refractivity contribution in [3.05, 3.63) is 11.4 Å². The van der Waals surface area contributed by atoms with Crippen LogP contribution in [0.15, 0.2) is 11.4 Å². The van der Waals surface area contributed by atoms with E-state index in [-0.39, 0.29) is 29.2 Å². The minimum absolute atomic E-state index is 0.0256. The first-order chi connectivity index (χ1) is 10.2. The molecular weight excluding hydrogens is 303 g/mol. The molecule has 1 aliphatic carbocycles. The molecule has 0 spiro atoms. The van der Waals surface area contributed by atoms with Crippen molar-refractivity contribution in [3.63, 3.8) is 0 Å². The summed E-state index contributed by atoms with van der Waals surface area (Å²) < 4.78 is 11.6. The fraction of sp³-hybridized carbons (Fsp3) is 0.800. The summed E-state index contributed by atoms with van der Waals surface area (Å²) in [5, 5.41) is 3.23. The molecule has 0 radical (unpaired) electrons. The Labute approximate surface area is 133 Å². The van der Waals surface area contributed by atoms with Gasteiger partial charge in [-0.15, -0.1) is 0 Å². The highest BCUT2D eigenvalue weighted by Crippen LogP contribution is 2.51. The van der Waals surface area contributed by atoms with Gasteiger partial charge >= 0.3 is 7.60 Å². The zero-order chi connectivity index (χ0) is 16.9. The maximum Gasteiger partial charge on any atom is 0.351 e. The van der Waals surface area contributed by atoms with E-state index in [9.17, 15) is 19.1 Å². The molecule has 22 heavy (non-hydrogen) atoms. The summed E-state index contributed by atoms with van der Waals surface area (Å²) in [7, 11) is -4.18. The SMILES string of the molecule is CC[C@H](NC(C)=O)[C@@H]1CC=C(P(=O)(O)O)C[C@@H]1N(CC)CC. The number of allylic oxidation sites excluding steroid dienone is 1. The average Bonchev–Trinajstić information content (AvgIpc) is 2.45. The third-order valence-electron chi connectivity index (χ3n) is 4.54. The van der Waals surface area contributed by atoms with Crippen LogP contribution in [0.3, 0.4) is 0 Å². The normalized spacial score (nSPS) is 24.0. The second-order valence-electron chi connectivity index (χ2n) is 5.85. The Balaban J connectivity index is 3.08.